The average molecular weight is 312 g/mol. The number of aromatic amines is 1. The molecule has 4 nitrogen and oxygen atoms in total. The van der Waals surface area contributed by atoms with Gasteiger partial charge in [-0.2, -0.15) is 5.10 Å². The van der Waals surface area contributed by atoms with E-state index < -0.39 is 0 Å². The molecule has 3 aromatic rings. The number of H-pyrrole nitrogens is 1. The van der Waals surface area contributed by atoms with Crippen molar-refractivity contribution in [3.8, 4) is 0 Å². The summed E-state index contributed by atoms with van der Waals surface area (Å²) in [4.78, 5) is 3.20. The standard InChI is InChI=1S/C18H21FN4/c1-23-11-14(18(22-23)12-2-3-12)9-20-7-6-13-10-21-17-5-4-15(19)8-16(13)17/h4-5,8,10-12,20-21H,2-3,6-7,9H2,1H3. The third-order valence-electron chi connectivity index (χ3n) is 4.52. The number of aromatic nitrogens is 3. The molecule has 1 fully saturated rings. The van der Waals surface area contributed by atoms with E-state index in [9.17, 15) is 4.39 Å². The Morgan fingerprint density at radius 2 is 2.22 bits per heavy atom. The SMILES string of the molecule is Cn1cc(CNCCc2c[nH]c3ccc(F)cc23)c(C2CC2)n1. The topological polar surface area (TPSA) is 45.6 Å². The van der Waals surface area contributed by atoms with Gasteiger partial charge in [0.15, 0.2) is 0 Å². The second-order valence-corrected chi connectivity index (χ2v) is 6.42. The Morgan fingerprint density at radius 1 is 1.35 bits per heavy atom. The Labute approximate surface area is 134 Å². The van der Waals surface area contributed by atoms with E-state index >= 15 is 0 Å². The molecule has 120 valence electrons. The van der Waals surface area contributed by atoms with Gasteiger partial charge in [0.1, 0.15) is 5.82 Å². The van der Waals surface area contributed by atoms with Crippen molar-refractivity contribution in [1.29, 1.82) is 0 Å². The van der Waals surface area contributed by atoms with Gasteiger partial charge in [-0.15, -0.1) is 0 Å². The van der Waals surface area contributed by atoms with Crippen LogP contribution in [0, 0.1) is 5.82 Å². The highest BCUT2D eigenvalue weighted by atomic mass is 19.1. The van der Waals surface area contributed by atoms with E-state index in [1.54, 1.807) is 12.1 Å². The van der Waals surface area contributed by atoms with Crippen molar-refractivity contribution in [3.05, 3.63) is 53.2 Å². The normalized spacial score (nSPS) is 14.7. The van der Waals surface area contributed by atoms with Crippen LogP contribution in [0.3, 0.4) is 0 Å². The van der Waals surface area contributed by atoms with Crippen molar-refractivity contribution in [2.75, 3.05) is 6.54 Å². The molecule has 1 saturated carbocycles. The van der Waals surface area contributed by atoms with Gasteiger partial charge in [0, 0.05) is 48.4 Å². The summed E-state index contributed by atoms with van der Waals surface area (Å²) in [6.07, 6.45) is 7.51. The molecule has 5 heteroatoms. The molecule has 0 spiro atoms. The molecule has 4 rings (SSSR count). The van der Waals surface area contributed by atoms with Gasteiger partial charge in [-0.05, 0) is 49.6 Å². The molecule has 0 saturated heterocycles. The molecule has 0 atom stereocenters. The molecule has 1 aliphatic carbocycles. The Kier molecular flexibility index (Phi) is 3.65. The molecule has 0 unspecified atom stereocenters. The molecular weight excluding hydrogens is 291 g/mol. The van der Waals surface area contributed by atoms with Gasteiger partial charge in [-0.25, -0.2) is 4.39 Å². The smallest absolute Gasteiger partial charge is 0.123 e. The molecule has 23 heavy (non-hydrogen) atoms. The van der Waals surface area contributed by atoms with Crippen molar-refractivity contribution < 1.29 is 4.39 Å². The number of nitrogens with zero attached hydrogens (tertiary/aromatic N) is 2. The first kappa shape index (κ1) is 14.5. The van der Waals surface area contributed by atoms with Crippen LogP contribution in [0.2, 0.25) is 0 Å². The van der Waals surface area contributed by atoms with Crippen LogP contribution in [-0.4, -0.2) is 21.3 Å². The van der Waals surface area contributed by atoms with Gasteiger partial charge in [-0.3, -0.25) is 4.68 Å². The lowest BCUT2D eigenvalue weighted by atomic mass is 10.1. The number of hydrogen-bond donors (Lipinski definition) is 2. The zero-order chi connectivity index (χ0) is 15.8. The number of aryl methyl sites for hydroxylation is 1. The van der Waals surface area contributed by atoms with E-state index in [0.29, 0.717) is 5.92 Å². The largest absolute Gasteiger partial charge is 0.361 e. The summed E-state index contributed by atoms with van der Waals surface area (Å²) in [5.74, 6) is 0.486. The first-order valence-corrected chi connectivity index (χ1v) is 8.19. The first-order chi connectivity index (χ1) is 11.2. The maximum Gasteiger partial charge on any atom is 0.123 e. The lowest BCUT2D eigenvalue weighted by Gasteiger charge is -2.04. The Balaban J connectivity index is 1.37. The zero-order valence-corrected chi connectivity index (χ0v) is 13.3. The van der Waals surface area contributed by atoms with Crippen molar-refractivity contribution in [2.24, 2.45) is 7.05 Å². The van der Waals surface area contributed by atoms with Gasteiger partial charge in [-0.1, -0.05) is 0 Å². The second kappa shape index (κ2) is 5.81. The molecule has 0 amide bonds. The van der Waals surface area contributed by atoms with Gasteiger partial charge >= 0.3 is 0 Å². The second-order valence-electron chi connectivity index (χ2n) is 6.42. The van der Waals surface area contributed by atoms with E-state index in [2.05, 4.69) is 21.6 Å². The van der Waals surface area contributed by atoms with Crippen molar-refractivity contribution in [2.45, 2.75) is 31.7 Å². The number of fused-ring (bicyclic) bond motifs is 1. The third-order valence-corrected chi connectivity index (χ3v) is 4.52. The van der Waals surface area contributed by atoms with Gasteiger partial charge < -0.3 is 10.3 Å². The van der Waals surface area contributed by atoms with Crippen LogP contribution in [-0.2, 0) is 20.0 Å². The molecule has 0 bridgehead atoms. The number of benzene rings is 1. The highest BCUT2D eigenvalue weighted by Gasteiger charge is 2.28. The number of rotatable bonds is 6. The fraction of sp³-hybridized carbons (Fsp3) is 0.389. The van der Waals surface area contributed by atoms with Crippen LogP contribution in [0.4, 0.5) is 4.39 Å². The van der Waals surface area contributed by atoms with Crippen LogP contribution < -0.4 is 5.32 Å². The maximum absolute atomic E-state index is 13.4. The van der Waals surface area contributed by atoms with Crippen LogP contribution in [0.15, 0.2) is 30.6 Å². The summed E-state index contributed by atoms with van der Waals surface area (Å²) in [6.45, 7) is 1.71. The summed E-state index contributed by atoms with van der Waals surface area (Å²) in [5.41, 5.74) is 4.71. The fourth-order valence-electron chi connectivity index (χ4n) is 3.20. The third kappa shape index (κ3) is 3.01. The van der Waals surface area contributed by atoms with Crippen LogP contribution in [0.25, 0.3) is 10.9 Å². The lowest BCUT2D eigenvalue weighted by Crippen LogP contribution is -2.17. The van der Waals surface area contributed by atoms with E-state index in [-0.39, 0.29) is 5.82 Å². The zero-order valence-electron chi connectivity index (χ0n) is 13.3. The van der Waals surface area contributed by atoms with Gasteiger partial charge in [0.2, 0.25) is 0 Å². The highest BCUT2D eigenvalue weighted by Crippen LogP contribution is 2.40. The van der Waals surface area contributed by atoms with E-state index in [0.717, 1.165) is 36.0 Å². The average Bonchev–Trinajstić information content (AvgIpc) is 3.20. The monoisotopic (exact) mass is 312 g/mol. The van der Waals surface area contributed by atoms with Gasteiger partial charge in [0.25, 0.3) is 0 Å². The summed E-state index contributed by atoms with van der Waals surface area (Å²) in [6, 6.07) is 4.88. The molecule has 2 heterocycles. The van der Waals surface area contributed by atoms with Crippen molar-refractivity contribution >= 4 is 10.9 Å². The molecular formula is C18H21FN4. The summed E-state index contributed by atoms with van der Waals surface area (Å²) < 4.78 is 15.3. The fourth-order valence-corrected chi connectivity index (χ4v) is 3.20. The lowest BCUT2D eigenvalue weighted by molar-refractivity contribution is 0.629. The molecule has 2 N–H and O–H groups in total. The highest BCUT2D eigenvalue weighted by molar-refractivity contribution is 5.83. The minimum atomic E-state index is -0.184. The van der Waals surface area contributed by atoms with Gasteiger partial charge in [0.05, 0.1) is 5.69 Å². The predicted molar refractivity (Wildman–Crippen MR) is 88.9 cm³/mol. The predicted octanol–water partition coefficient (Wildman–Crippen LogP) is 3.25. The Bertz CT molecular complexity index is 829. The summed E-state index contributed by atoms with van der Waals surface area (Å²) >= 11 is 0. The Hall–Kier alpha value is -2.14. The number of hydrogen-bond acceptors (Lipinski definition) is 2. The van der Waals surface area contributed by atoms with E-state index in [4.69, 9.17) is 0 Å². The minimum Gasteiger partial charge on any atom is -0.361 e. The molecule has 1 aromatic carbocycles. The summed E-state index contributed by atoms with van der Waals surface area (Å²) in [5, 5.41) is 9.06. The van der Waals surface area contributed by atoms with E-state index in [1.165, 1.54) is 30.2 Å². The van der Waals surface area contributed by atoms with Crippen molar-refractivity contribution in [1.82, 2.24) is 20.1 Å². The van der Waals surface area contributed by atoms with Crippen molar-refractivity contribution in [3.63, 3.8) is 0 Å². The molecule has 2 aromatic heterocycles. The minimum absolute atomic E-state index is 0.184. The van der Waals surface area contributed by atoms with Crippen LogP contribution in [0.1, 0.15) is 35.6 Å². The quantitative estimate of drug-likeness (QED) is 0.686. The first-order valence-electron chi connectivity index (χ1n) is 8.19. The maximum atomic E-state index is 13.4. The molecule has 0 aliphatic heterocycles. The van der Waals surface area contributed by atoms with Crippen LogP contribution >= 0.6 is 0 Å². The van der Waals surface area contributed by atoms with E-state index in [1.807, 2.05) is 17.9 Å². The van der Waals surface area contributed by atoms with Crippen LogP contribution in [0.5, 0.6) is 0 Å². The molecule has 0 radical (unpaired) electrons. The number of halogens is 1. The number of nitrogens with one attached hydrogen (secondary N) is 2. The molecule has 1 aliphatic rings. The Morgan fingerprint density at radius 3 is 3.04 bits per heavy atom. The summed E-state index contributed by atoms with van der Waals surface area (Å²) in [7, 11) is 1.98.